The SMILES string of the molecule is NC(CCC(=O)N1CCC[C@H](O)C1)c1ccccc1. The van der Waals surface area contributed by atoms with Crippen molar-refractivity contribution in [3.05, 3.63) is 35.9 Å². The second-order valence-corrected chi connectivity index (χ2v) is 5.19. The summed E-state index contributed by atoms with van der Waals surface area (Å²) in [5.74, 6) is 0.102. The molecule has 0 aromatic heterocycles. The van der Waals surface area contributed by atoms with Crippen LogP contribution in [0.15, 0.2) is 30.3 Å². The average Bonchev–Trinajstić information content (AvgIpc) is 2.45. The molecule has 4 nitrogen and oxygen atoms in total. The van der Waals surface area contributed by atoms with Crippen LogP contribution in [-0.4, -0.2) is 35.1 Å². The first-order chi connectivity index (χ1) is 9.16. The molecule has 104 valence electrons. The van der Waals surface area contributed by atoms with Crippen molar-refractivity contribution in [1.82, 2.24) is 4.90 Å². The zero-order valence-electron chi connectivity index (χ0n) is 11.2. The Labute approximate surface area is 114 Å². The fourth-order valence-electron chi connectivity index (χ4n) is 2.49. The molecule has 1 aliphatic heterocycles. The molecule has 0 radical (unpaired) electrons. The van der Waals surface area contributed by atoms with Crippen molar-refractivity contribution in [2.75, 3.05) is 13.1 Å². The lowest BCUT2D eigenvalue weighted by Gasteiger charge is -2.30. The minimum absolute atomic E-state index is 0.0973. The van der Waals surface area contributed by atoms with E-state index < -0.39 is 0 Å². The van der Waals surface area contributed by atoms with Gasteiger partial charge in [0.05, 0.1) is 6.10 Å². The Morgan fingerprint density at radius 2 is 2.16 bits per heavy atom. The molecular weight excluding hydrogens is 240 g/mol. The van der Waals surface area contributed by atoms with E-state index in [1.54, 1.807) is 4.90 Å². The van der Waals surface area contributed by atoms with E-state index in [0.29, 0.717) is 19.4 Å². The topological polar surface area (TPSA) is 66.6 Å². The molecule has 0 bridgehead atoms. The van der Waals surface area contributed by atoms with Crippen molar-refractivity contribution in [2.24, 2.45) is 5.73 Å². The lowest BCUT2D eigenvalue weighted by molar-refractivity contribution is -0.134. The molecule has 1 aliphatic rings. The summed E-state index contributed by atoms with van der Waals surface area (Å²) in [5.41, 5.74) is 7.14. The molecule has 0 spiro atoms. The zero-order chi connectivity index (χ0) is 13.7. The number of rotatable bonds is 4. The van der Waals surface area contributed by atoms with Gasteiger partial charge >= 0.3 is 0 Å². The van der Waals surface area contributed by atoms with Crippen LogP contribution in [0.1, 0.15) is 37.3 Å². The highest BCUT2D eigenvalue weighted by Gasteiger charge is 2.22. The summed E-state index contributed by atoms with van der Waals surface area (Å²) >= 11 is 0. The number of carbonyl (C=O) groups excluding carboxylic acids is 1. The molecule has 1 aromatic rings. The van der Waals surface area contributed by atoms with Crippen LogP contribution in [0.25, 0.3) is 0 Å². The van der Waals surface area contributed by atoms with E-state index in [-0.39, 0.29) is 18.1 Å². The smallest absolute Gasteiger partial charge is 0.222 e. The normalized spacial score (nSPS) is 21.2. The maximum absolute atomic E-state index is 12.0. The fraction of sp³-hybridized carbons (Fsp3) is 0.533. The maximum atomic E-state index is 12.0. The number of hydrogen-bond donors (Lipinski definition) is 2. The molecule has 2 rings (SSSR count). The molecule has 0 saturated carbocycles. The van der Waals surface area contributed by atoms with E-state index in [4.69, 9.17) is 5.73 Å². The van der Waals surface area contributed by atoms with Crippen molar-refractivity contribution < 1.29 is 9.90 Å². The summed E-state index contributed by atoms with van der Waals surface area (Å²) in [5, 5.41) is 9.57. The number of aliphatic hydroxyl groups is 1. The maximum Gasteiger partial charge on any atom is 0.222 e. The summed E-state index contributed by atoms with van der Waals surface area (Å²) < 4.78 is 0. The number of likely N-dealkylation sites (tertiary alicyclic amines) is 1. The van der Waals surface area contributed by atoms with Gasteiger partial charge in [0.1, 0.15) is 0 Å². The predicted octanol–water partition coefficient (Wildman–Crippen LogP) is 1.45. The molecule has 0 aliphatic carbocycles. The molecule has 1 unspecified atom stereocenters. The van der Waals surface area contributed by atoms with Crippen molar-refractivity contribution in [1.29, 1.82) is 0 Å². The highest BCUT2D eigenvalue weighted by Crippen LogP contribution is 2.17. The predicted molar refractivity (Wildman–Crippen MR) is 74.4 cm³/mol. The average molecular weight is 262 g/mol. The summed E-state index contributed by atoms with van der Waals surface area (Å²) in [6.45, 7) is 1.23. The monoisotopic (exact) mass is 262 g/mol. The molecule has 1 fully saturated rings. The molecule has 1 saturated heterocycles. The standard InChI is InChI=1S/C15H22N2O2/c16-14(12-5-2-1-3-6-12)8-9-15(19)17-10-4-7-13(18)11-17/h1-3,5-6,13-14,18H,4,7-11,16H2/t13-,14?/m0/s1. The van der Waals surface area contributed by atoms with Gasteiger partial charge in [-0.15, -0.1) is 0 Å². The Bertz CT molecular complexity index is 408. The molecule has 2 atom stereocenters. The van der Waals surface area contributed by atoms with E-state index in [2.05, 4.69) is 0 Å². The second kappa shape index (κ2) is 6.68. The number of carbonyl (C=O) groups is 1. The first kappa shape index (κ1) is 14.0. The third-order valence-corrected chi connectivity index (χ3v) is 3.65. The lowest BCUT2D eigenvalue weighted by Crippen LogP contribution is -2.42. The molecule has 4 heteroatoms. The van der Waals surface area contributed by atoms with Gasteiger partial charge in [-0.25, -0.2) is 0 Å². The molecule has 1 heterocycles. The largest absolute Gasteiger partial charge is 0.391 e. The van der Waals surface area contributed by atoms with E-state index in [9.17, 15) is 9.90 Å². The lowest BCUT2D eigenvalue weighted by atomic mass is 10.0. The first-order valence-electron chi connectivity index (χ1n) is 6.93. The summed E-state index contributed by atoms with van der Waals surface area (Å²) in [6.07, 6.45) is 2.42. The van der Waals surface area contributed by atoms with Crippen molar-refractivity contribution in [3.8, 4) is 0 Å². The van der Waals surface area contributed by atoms with E-state index >= 15 is 0 Å². The number of nitrogens with zero attached hydrogens (tertiary/aromatic N) is 1. The number of aliphatic hydroxyl groups excluding tert-OH is 1. The van der Waals surface area contributed by atoms with Crippen LogP contribution in [0.4, 0.5) is 0 Å². The summed E-state index contributed by atoms with van der Waals surface area (Å²) in [4.78, 5) is 13.8. The van der Waals surface area contributed by atoms with Crippen molar-refractivity contribution in [2.45, 2.75) is 37.8 Å². The third kappa shape index (κ3) is 4.04. The van der Waals surface area contributed by atoms with Gasteiger partial charge in [0, 0.05) is 25.6 Å². The Morgan fingerprint density at radius 1 is 1.42 bits per heavy atom. The van der Waals surface area contributed by atoms with Crippen molar-refractivity contribution in [3.63, 3.8) is 0 Å². The van der Waals surface area contributed by atoms with Gasteiger partial charge in [-0.2, -0.15) is 0 Å². The van der Waals surface area contributed by atoms with Crippen LogP contribution in [0, 0.1) is 0 Å². The Morgan fingerprint density at radius 3 is 2.84 bits per heavy atom. The van der Waals surface area contributed by atoms with Gasteiger partial charge in [-0.1, -0.05) is 30.3 Å². The van der Waals surface area contributed by atoms with Crippen LogP contribution < -0.4 is 5.73 Å². The van der Waals surface area contributed by atoms with E-state index in [1.165, 1.54) is 0 Å². The first-order valence-corrected chi connectivity index (χ1v) is 6.93. The molecule has 1 aromatic carbocycles. The van der Waals surface area contributed by atoms with E-state index in [0.717, 1.165) is 24.9 Å². The molecule has 19 heavy (non-hydrogen) atoms. The highest BCUT2D eigenvalue weighted by molar-refractivity contribution is 5.76. The number of amides is 1. The Kier molecular flexibility index (Phi) is 4.93. The highest BCUT2D eigenvalue weighted by atomic mass is 16.3. The van der Waals surface area contributed by atoms with Gasteiger partial charge < -0.3 is 15.7 Å². The number of piperidine rings is 1. The summed E-state index contributed by atoms with van der Waals surface area (Å²) in [7, 11) is 0. The van der Waals surface area contributed by atoms with Crippen molar-refractivity contribution >= 4 is 5.91 Å². The van der Waals surface area contributed by atoms with Crippen LogP contribution in [-0.2, 0) is 4.79 Å². The van der Waals surface area contributed by atoms with Gasteiger partial charge in [-0.3, -0.25) is 4.79 Å². The Hall–Kier alpha value is -1.39. The quantitative estimate of drug-likeness (QED) is 0.863. The van der Waals surface area contributed by atoms with Gasteiger partial charge in [0.2, 0.25) is 5.91 Å². The summed E-state index contributed by atoms with van der Waals surface area (Å²) in [6, 6.07) is 9.74. The van der Waals surface area contributed by atoms with Crippen LogP contribution >= 0.6 is 0 Å². The van der Waals surface area contributed by atoms with Gasteiger partial charge in [-0.05, 0) is 24.8 Å². The van der Waals surface area contributed by atoms with E-state index in [1.807, 2.05) is 30.3 Å². The number of β-amino-alcohol motifs (C(OH)–C–C–N with tert-alkyl or cyclic N) is 1. The molecular formula is C15H22N2O2. The number of nitrogens with two attached hydrogens (primary N) is 1. The Balaban J connectivity index is 1.80. The molecule has 3 N–H and O–H groups in total. The van der Waals surface area contributed by atoms with Crippen LogP contribution in [0.2, 0.25) is 0 Å². The van der Waals surface area contributed by atoms with Crippen LogP contribution in [0.5, 0.6) is 0 Å². The van der Waals surface area contributed by atoms with Gasteiger partial charge in [0.15, 0.2) is 0 Å². The minimum atomic E-state index is -0.361. The number of benzene rings is 1. The van der Waals surface area contributed by atoms with Crippen LogP contribution in [0.3, 0.4) is 0 Å². The minimum Gasteiger partial charge on any atom is -0.391 e. The zero-order valence-corrected chi connectivity index (χ0v) is 11.2. The third-order valence-electron chi connectivity index (χ3n) is 3.65. The second-order valence-electron chi connectivity index (χ2n) is 5.19. The van der Waals surface area contributed by atoms with Gasteiger partial charge in [0.25, 0.3) is 0 Å². The number of hydrogen-bond acceptors (Lipinski definition) is 3. The fourth-order valence-corrected chi connectivity index (χ4v) is 2.49. The molecule has 1 amide bonds.